The fourth-order valence-corrected chi connectivity index (χ4v) is 6.67. The van der Waals surface area contributed by atoms with Gasteiger partial charge >= 0.3 is 0 Å². The second-order valence-electron chi connectivity index (χ2n) is 11.1. The lowest BCUT2D eigenvalue weighted by Crippen LogP contribution is -2.40. The van der Waals surface area contributed by atoms with Gasteiger partial charge in [0, 0.05) is 12.5 Å². The van der Waals surface area contributed by atoms with Crippen LogP contribution in [0.25, 0.3) is 21.3 Å². The highest BCUT2D eigenvalue weighted by Gasteiger charge is 2.30. The van der Waals surface area contributed by atoms with Gasteiger partial charge in [-0.1, -0.05) is 49.8 Å². The molecule has 0 fully saturated rings. The van der Waals surface area contributed by atoms with Gasteiger partial charge in [-0.3, -0.25) is 14.4 Å². The van der Waals surface area contributed by atoms with Gasteiger partial charge in [-0.15, -0.1) is 0 Å². The molecule has 0 saturated heterocycles. The van der Waals surface area contributed by atoms with Gasteiger partial charge in [0.25, 0.3) is 0 Å². The van der Waals surface area contributed by atoms with E-state index in [0.717, 1.165) is 21.3 Å². The first-order valence-corrected chi connectivity index (χ1v) is 15.7. The molecule has 45 heavy (non-hydrogen) atoms. The quantitative estimate of drug-likeness (QED) is 0.197. The number of nitrogens with one attached hydrogen (secondary N) is 3. The molecule has 1 heterocycles. The van der Waals surface area contributed by atoms with E-state index in [2.05, 4.69) is 20.9 Å². The van der Waals surface area contributed by atoms with E-state index in [-0.39, 0.29) is 28.8 Å². The monoisotopic (exact) mass is 630 g/mol. The van der Waals surface area contributed by atoms with Crippen molar-refractivity contribution in [2.24, 2.45) is 5.92 Å². The average molecular weight is 631 g/mol. The molecule has 0 saturated carbocycles. The summed E-state index contributed by atoms with van der Waals surface area (Å²) in [5, 5.41) is 9.72. The predicted molar refractivity (Wildman–Crippen MR) is 178 cm³/mol. The van der Waals surface area contributed by atoms with Gasteiger partial charge in [-0.2, -0.15) is 0 Å². The molecule has 1 aromatic heterocycles. The summed E-state index contributed by atoms with van der Waals surface area (Å²) in [6.45, 7) is 5.42. The van der Waals surface area contributed by atoms with Gasteiger partial charge in [0.2, 0.25) is 23.0 Å². The zero-order chi connectivity index (χ0) is 32.2. The number of fused-ring (bicyclic) bond motifs is 4. The molecular weight excluding hydrogens is 592 g/mol. The number of nitrogens with zero attached hydrogens (tertiary/aromatic N) is 1. The summed E-state index contributed by atoms with van der Waals surface area (Å²) in [5.74, 6) is 0.827. The van der Waals surface area contributed by atoms with E-state index in [0.29, 0.717) is 52.8 Å². The number of carbonyl (C=O) groups is 2. The molecule has 0 spiro atoms. The zero-order valence-corrected chi connectivity index (χ0v) is 27.1. The molecule has 4 aromatic rings. The number of rotatable bonds is 10. The van der Waals surface area contributed by atoms with E-state index < -0.39 is 12.1 Å². The maximum absolute atomic E-state index is 13.9. The van der Waals surface area contributed by atoms with Crippen LogP contribution >= 0.6 is 11.3 Å². The summed E-state index contributed by atoms with van der Waals surface area (Å²) in [6.07, 6.45) is 1.84. The van der Waals surface area contributed by atoms with Gasteiger partial charge in [0.05, 0.1) is 43.3 Å². The molecule has 0 aliphatic heterocycles. The van der Waals surface area contributed by atoms with Crippen LogP contribution in [0.2, 0.25) is 0 Å². The maximum atomic E-state index is 13.9. The van der Waals surface area contributed by atoms with Crippen LogP contribution in [0.3, 0.4) is 0 Å². The Morgan fingerprint density at radius 2 is 1.80 bits per heavy atom. The summed E-state index contributed by atoms with van der Waals surface area (Å²) in [4.78, 5) is 44.3. The topological polar surface area (TPSA) is 128 Å². The molecule has 10 nitrogen and oxygen atoms in total. The minimum atomic E-state index is -0.714. The van der Waals surface area contributed by atoms with Gasteiger partial charge in [-0.25, -0.2) is 4.98 Å². The second kappa shape index (κ2) is 13.6. The number of methoxy groups -OCH3 is 3. The molecule has 236 valence electrons. The number of hydrogen-bond donors (Lipinski definition) is 3. The van der Waals surface area contributed by atoms with Crippen LogP contribution in [0.1, 0.15) is 50.8 Å². The van der Waals surface area contributed by atoms with Gasteiger partial charge in [0.1, 0.15) is 6.04 Å². The number of aryl methyl sites for hydroxylation is 1. The van der Waals surface area contributed by atoms with Crippen LogP contribution in [0.4, 0.5) is 10.8 Å². The van der Waals surface area contributed by atoms with Gasteiger partial charge in [-0.05, 0) is 65.8 Å². The number of hydrogen-bond acceptors (Lipinski definition) is 9. The lowest BCUT2D eigenvalue weighted by Gasteiger charge is -2.23. The van der Waals surface area contributed by atoms with Crippen LogP contribution in [-0.4, -0.2) is 44.2 Å². The number of carbonyl (C=O) groups excluding carboxylic acids is 2. The van der Waals surface area contributed by atoms with E-state index in [1.165, 1.54) is 18.3 Å². The normalized spacial score (nSPS) is 15.1. The first kappa shape index (κ1) is 31.8. The predicted octanol–water partition coefficient (Wildman–Crippen LogP) is 5.94. The number of ether oxygens (including phenoxy) is 3. The van der Waals surface area contributed by atoms with Crippen molar-refractivity contribution in [2.45, 2.75) is 52.1 Å². The van der Waals surface area contributed by atoms with Crippen LogP contribution in [-0.2, 0) is 16.0 Å². The van der Waals surface area contributed by atoms with Crippen LogP contribution in [0.15, 0.2) is 53.3 Å². The molecule has 3 aromatic carbocycles. The van der Waals surface area contributed by atoms with Crippen molar-refractivity contribution in [3.05, 3.63) is 69.9 Å². The Labute approximate surface area is 266 Å². The molecule has 1 aliphatic rings. The van der Waals surface area contributed by atoms with E-state index in [9.17, 15) is 14.4 Å². The number of aromatic nitrogens is 1. The van der Waals surface area contributed by atoms with Crippen molar-refractivity contribution in [3.63, 3.8) is 0 Å². The molecule has 3 atom stereocenters. The molecule has 3 N–H and O–H groups in total. The number of benzene rings is 2. The molecule has 0 unspecified atom stereocenters. The second-order valence-corrected chi connectivity index (χ2v) is 12.1. The Balaban J connectivity index is 1.60. The van der Waals surface area contributed by atoms with E-state index in [1.54, 1.807) is 33.5 Å². The Bertz CT molecular complexity index is 1770. The van der Waals surface area contributed by atoms with Crippen LogP contribution in [0, 0.1) is 5.92 Å². The number of thiazole rings is 1. The highest BCUT2D eigenvalue weighted by atomic mass is 32.1. The van der Waals surface area contributed by atoms with Crippen molar-refractivity contribution >= 4 is 44.2 Å². The lowest BCUT2D eigenvalue weighted by atomic mass is 9.95. The fourth-order valence-electron chi connectivity index (χ4n) is 5.81. The van der Waals surface area contributed by atoms with Crippen molar-refractivity contribution in [1.82, 2.24) is 10.3 Å². The summed E-state index contributed by atoms with van der Waals surface area (Å²) >= 11 is 1.40. The summed E-state index contributed by atoms with van der Waals surface area (Å²) < 4.78 is 18.1. The third kappa shape index (κ3) is 6.44. The number of amides is 2. The highest BCUT2D eigenvalue weighted by molar-refractivity contribution is 7.22. The van der Waals surface area contributed by atoms with Crippen LogP contribution in [0.5, 0.6) is 17.2 Å². The molecule has 1 aliphatic carbocycles. The van der Waals surface area contributed by atoms with Gasteiger partial charge < -0.3 is 30.2 Å². The summed E-state index contributed by atoms with van der Waals surface area (Å²) in [6, 6.07) is 13.5. The Morgan fingerprint density at radius 3 is 2.47 bits per heavy atom. The van der Waals surface area contributed by atoms with E-state index >= 15 is 0 Å². The number of para-hydroxylation sites is 1. The van der Waals surface area contributed by atoms with Crippen molar-refractivity contribution in [1.29, 1.82) is 0 Å². The first-order valence-electron chi connectivity index (χ1n) is 14.9. The third-order valence-corrected chi connectivity index (χ3v) is 9.20. The standard InChI is InChI=1S/C34H38N4O6S/c1-7-18(2)30(33(41)38-34-37-25-10-8-9-11-28(25)45-34)36-24-15-13-21-22(17-26(24)40)23(35-19(3)39)14-12-20-16-27(42-4)31(43-5)32(44-6)29(20)21/h8-11,13,15-18,23,30H,7,12,14H2,1-6H3,(H,35,39)(H,36,40)(H,37,38,41)/t18-,23+,30-/m0/s1. The zero-order valence-electron chi connectivity index (χ0n) is 26.3. The molecule has 2 amide bonds. The van der Waals surface area contributed by atoms with Crippen LogP contribution < -0.4 is 35.6 Å². The summed E-state index contributed by atoms with van der Waals surface area (Å²) in [7, 11) is 4.67. The molecule has 11 heteroatoms. The maximum Gasteiger partial charge on any atom is 0.248 e. The highest BCUT2D eigenvalue weighted by Crippen LogP contribution is 2.50. The smallest absolute Gasteiger partial charge is 0.248 e. The summed E-state index contributed by atoms with van der Waals surface area (Å²) in [5.41, 5.74) is 3.80. The molecular formula is C34H38N4O6S. The Kier molecular flexibility index (Phi) is 9.57. The largest absolute Gasteiger partial charge is 0.493 e. The van der Waals surface area contributed by atoms with Crippen molar-refractivity contribution in [2.75, 3.05) is 32.0 Å². The number of anilines is 2. The van der Waals surface area contributed by atoms with E-state index in [4.69, 9.17) is 14.2 Å². The molecule has 0 radical (unpaired) electrons. The average Bonchev–Trinajstić information content (AvgIpc) is 3.30. The molecule has 5 rings (SSSR count). The van der Waals surface area contributed by atoms with Crippen molar-refractivity contribution < 1.29 is 23.8 Å². The third-order valence-electron chi connectivity index (χ3n) is 8.25. The first-order chi connectivity index (χ1) is 21.7. The molecule has 0 bridgehead atoms. The Hall–Kier alpha value is -4.64. The fraction of sp³-hybridized carbons (Fsp3) is 0.353. The van der Waals surface area contributed by atoms with Gasteiger partial charge in [0.15, 0.2) is 16.6 Å². The minimum absolute atomic E-state index is 0.105. The van der Waals surface area contributed by atoms with Crippen molar-refractivity contribution in [3.8, 4) is 28.4 Å². The Morgan fingerprint density at radius 1 is 1.04 bits per heavy atom. The SMILES string of the molecule is CC[C@H](C)[C@H](Nc1ccc2c(cc1=O)[C@H](NC(C)=O)CCc1cc(OC)c(OC)c(OC)c1-2)C(=O)Nc1nc2ccccc2s1. The lowest BCUT2D eigenvalue weighted by molar-refractivity contribution is -0.120. The van der Waals surface area contributed by atoms with E-state index in [1.807, 2.05) is 50.2 Å². The minimum Gasteiger partial charge on any atom is -0.493 e.